The van der Waals surface area contributed by atoms with E-state index in [0.29, 0.717) is 18.9 Å². The highest BCUT2D eigenvalue weighted by Crippen LogP contribution is 2.30. The van der Waals surface area contributed by atoms with Gasteiger partial charge < -0.3 is 5.11 Å². The van der Waals surface area contributed by atoms with Crippen molar-refractivity contribution in [1.29, 1.82) is 0 Å². The van der Waals surface area contributed by atoms with Gasteiger partial charge in [0.15, 0.2) is 0 Å². The molecule has 0 saturated heterocycles. The van der Waals surface area contributed by atoms with Crippen molar-refractivity contribution in [3.05, 3.63) is 52.3 Å². The SMILES string of the molecule is CCC(O)(Cc1ccn(C(C)C)n1)c1cccc(Br)c1. The van der Waals surface area contributed by atoms with E-state index in [-0.39, 0.29) is 0 Å². The first-order chi connectivity index (χ1) is 9.44. The normalized spacial score (nSPS) is 14.5. The monoisotopic (exact) mass is 336 g/mol. The van der Waals surface area contributed by atoms with Crippen LogP contribution >= 0.6 is 15.9 Å². The summed E-state index contributed by atoms with van der Waals surface area (Å²) in [4.78, 5) is 0. The van der Waals surface area contributed by atoms with Crippen molar-refractivity contribution in [2.75, 3.05) is 0 Å². The minimum Gasteiger partial charge on any atom is -0.385 e. The molecule has 108 valence electrons. The first kappa shape index (κ1) is 15.3. The molecule has 0 aliphatic heterocycles. The lowest BCUT2D eigenvalue weighted by molar-refractivity contribution is 0.0315. The summed E-state index contributed by atoms with van der Waals surface area (Å²) in [5, 5.41) is 15.5. The van der Waals surface area contributed by atoms with E-state index >= 15 is 0 Å². The number of benzene rings is 1. The lowest BCUT2D eigenvalue weighted by atomic mass is 9.87. The Morgan fingerprint density at radius 3 is 2.65 bits per heavy atom. The van der Waals surface area contributed by atoms with Gasteiger partial charge in [0.2, 0.25) is 0 Å². The van der Waals surface area contributed by atoms with Gasteiger partial charge in [0.25, 0.3) is 0 Å². The molecule has 1 aromatic heterocycles. The van der Waals surface area contributed by atoms with Gasteiger partial charge in [0, 0.05) is 23.1 Å². The number of hydrogen-bond donors (Lipinski definition) is 1. The largest absolute Gasteiger partial charge is 0.385 e. The Hall–Kier alpha value is -1.13. The van der Waals surface area contributed by atoms with Crippen molar-refractivity contribution >= 4 is 15.9 Å². The minimum absolute atomic E-state index is 0.337. The quantitative estimate of drug-likeness (QED) is 0.893. The zero-order valence-electron chi connectivity index (χ0n) is 12.2. The number of rotatable bonds is 5. The van der Waals surface area contributed by atoms with E-state index < -0.39 is 5.60 Å². The van der Waals surface area contributed by atoms with Crippen LogP contribution in [0.2, 0.25) is 0 Å². The molecule has 1 N–H and O–H groups in total. The second-order valence-electron chi connectivity index (χ2n) is 5.45. The zero-order chi connectivity index (χ0) is 14.8. The van der Waals surface area contributed by atoms with Crippen LogP contribution in [0.3, 0.4) is 0 Å². The fourth-order valence-corrected chi connectivity index (χ4v) is 2.67. The number of aromatic nitrogens is 2. The first-order valence-corrected chi connectivity index (χ1v) is 7.76. The molecule has 0 aliphatic rings. The summed E-state index contributed by atoms with van der Waals surface area (Å²) in [6.07, 6.45) is 3.15. The Balaban J connectivity index is 2.26. The van der Waals surface area contributed by atoms with Gasteiger partial charge in [-0.05, 0) is 44.0 Å². The molecule has 0 amide bonds. The van der Waals surface area contributed by atoms with E-state index in [1.54, 1.807) is 0 Å². The van der Waals surface area contributed by atoms with Crippen molar-refractivity contribution < 1.29 is 5.11 Å². The van der Waals surface area contributed by atoms with Crippen LogP contribution in [0.15, 0.2) is 41.0 Å². The Labute approximate surface area is 128 Å². The molecule has 3 nitrogen and oxygen atoms in total. The number of hydrogen-bond acceptors (Lipinski definition) is 2. The van der Waals surface area contributed by atoms with E-state index in [0.717, 1.165) is 15.7 Å². The molecule has 1 aromatic carbocycles. The average molecular weight is 337 g/mol. The Bertz CT molecular complexity index is 579. The van der Waals surface area contributed by atoms with E-state index in [1.165, 1.54) is 0 Å². The Morgan fingerprint density at radius 2 is 2.10 bits per heavy atom. The van der Waals surface area contributed by atoms with Crippen LogP contribution in [0, 0.1) is 0 Å². The summed E-state index contributed by atoms with van der Waals surface area (Å²) in [6, 6.07) is 10.2. The third-order valence-electron chi connectivity index (χ3n) is 3.61. The van der Waals surface area contributed by atoms with Gasteiger partial charge in [-0.25, -0.2) is 0 Å². The van der Waals surface area contributed by atoms with E-state index in [2.05, 4.69) is 34.9 Å². The standard InChI is InChI=1S/C16H21BrN2O/c1-4-16(20,13-6-5-7-14(17)10-13)11-15-8-9-19(18-15)12(2)3/h5-10,12,20H,4,11H2,1-3H3. The second kappa shape index (κ2) is 6.10. The fourth-order valence-electron chi connectivity index (χ4n) is 2.27. The average Bonchev–Trinajstić information content (AvgIpc) is 2.87. The molecule has 1 heterocycles. The van der Waals surface area contributed by atoms with Gasteiger partial charge >= 0.3 is 0 Å². The summed E-state index contributed by atoms with van der Waals surface area (Å²) in [7, 11) is 0. The first-order valence-electron chi connectivity index (χ1n) is 6.97. The molecule has 0 aliphatic carbocycles. The van der Waals surface area contributed by atoms with E-state index in [4.69, 9.17) is 0 Å². The molecule has 0 spiro atoms. The van der Waals surface area contributed by atoms with Crippen LogP contribution in [-0.2, 0) is 12.0 Å². The maximum absolute atomic E-state index is 10.9. The van der Waals surface area contributed by atoms with Crippen molar-refractivity contribution in [3.8, 4) is 0 Å². The predicted octanol–water partition coefficient (Wildman–Crippen LogP) is 4.07. The highest BCUT2D eigenvalue weighted by atomic mass is 79.9. The molecule has 2 rings (SSSR count). The molecular weight excluding hydrogens is 316 g/mol. The third-order valence-corrected chi connectivity index (χ3v) is 4.11. The van der Waals surface area contributed by atoms with Gasteiger partial charge in [0.1, 0.15) is 0 Å². The maximum Gasteiger partial charge on any atom is 0.0950 e. The summed E-state index contributed by atoms with van der Waals surface area (Å²) in [5.41, 5.74) is 0.969. The lowest BCUT2D eigenvalue weighted by Crippen LogP contribution is -2.28. The maximum atomic E-state index is 10.9. The molecule has 0 saturated carbocycles. The van der Waals surface area contributed by atoms with Crippen LogP contribution in [0.1, 0.15) is 44.5 Å². The second-order valence-corrected chi connectivity index (χ2v) is 6.37. The molecule has 1 unspecified atom stereocenters. The molecular formula is C16H21BrN2O. The molecule has 0 fully saturated rings. The number of aliphatic hydroxyl groups is 1. The Morgan fingerprint density at radius 1 is 1.35 bits per heavy atom. The lowest BCUT2D eigenvalue weighted by Gasteiger charge is -2.27. The minimum atomic E-state index is -0.875. The van der Waals surface area contributed by atoms with Crippen LogP contribution in [0.4, 0.5) is 0 Å². The topological polar surface area (TPSA) is 38.0 Å². The van der Waals surface area contributed by atoms with Crippen molar-refractivity contribution in [2.45, 2.75) is 45.3 Å². The highest BCUT2D eigenvalue weighted by molar-refractivity contribution is 9.10. The van der Waals surface area contributed by atoms with Gasteiger partial charge in [-0.15, -0.1) is 0 Å². The van der Waals surface area contributed by atoms with Gasteiger partial charge in [-0.3, -0.25) is 4.68 Å². The molecule has 4 heteroatoms. The van der Waals surface area contributed by atoms with Gasteiger partial charge in [-0.2, -0.15) is 5.10 Å². The number of halogens is 1. The summed E-state index contributed by atoms with van der Waals surface area (Å²) in [5.74, 6) is 0. The molecule has 0 bridgehead atoms. The van der Waals surface area contributed by atoms with E-state index in [1.807, 2.05) is 48.1 Å². The zero-order valence-corrected chi connectivity index (χ0v) is 13.8. The van der Waals surface area contributed by atoms with E-state index in [9.17, 15) is 5.11 Å². The molecule has 2 aromatic rings. The van der Waals surface area contributed by atoms with Crippen LogP contribution < -0.4 is 0 Å². The third kappa shape index (κ3) is 3.30. The predicted molar refractivity (Wildman–Crippen MR) is 84.6 cm³/mol. The van der Waals surface area contributed by atoms with Crippen molar-refractivity contribution in [1.82, 2.24) is 9.78 Å². The highest BCUT2D eigenvalue weighted by Gasteiger charge is 2.28. The molecule has 0 radical (unpaired) electrons. The summed E-state index contributed by atoms with van der Waals surface area (Å²) >= 11 is 3.46. The molecule has 1 atom stereocenters. The smallest absolute Gasteiger partial charge is 0.0950 e. The van der Waals surface area contributed by atoms with Crippen molar-refractivity contribution in [2.24, 2.45) is 0 Å². The van der Waals surface area contributed by atoms with Crippen LogP contribution in [0.5, 0.6) is 0 Å². The fraction of sp³-hybridized carbons (Fsp3) is 0.438. The summed E-state index contributed by atoms with van der Waals surface area (Å²) < 4.78 is 2.90. The van der Waals surface area contributed by atoms with Crippen molar-refractivity contribution in [3.63, 3.8) is 0 Å². The van der Waals surface area contributed by atoms with Crippen LogP contribution in [-0.4, -0.2) is 14.9 Å². The van der Waals surface area contributed by atoms with Crippen LogP contribution in [0.25, 0.3) is 0 Å². The van der Waals surface area contributed by atoms with Gasteiger partial charge in [0.05, 0.1) is 11.3 Å². The van der Waals surface area contributed by atoms with Gasteiger partial charge in [-0.1, -0.05) is 35.0 Å². The summed E-state index contributed by atoms with van der Waals surface area (Å²) in [6.45, 7) is 6.19. The number of nitrogens with zero attached hydrogens (tertiary/aromatic N) is 2. The molecule has 20 heavy (non-hydrogen) atoms. The Kier molecular flexibility index (Phi) is 4.66.